The van der Waals surface area contributed by atoms with Crippen LogP contribution in [0.15, 0.2) is 0 Å². The van der Waals surface area contributed by atoms with Gasteiger partial charge in [0.15, 0.2) is 25.2 Å². The lowest BCUT2D eigenvalue weighted by molar-refractivity contribution is -0.384. The van der Waals surface area contributed by atoms with Gasteiger partial charge in [0, 0.05) is 14.0 Å². The molecule has 4 heterocycles. The summed E-state index contributed by atoms with van der Waals surface area (Å²) >= 11 is 0. The Morgan fingerprint density at radius 3 is 1.59 bits per heavy atom. The molecule has 4 saturated heterocycles. The molecule has 0 aromatic carbocycles. The van der Waals surface area contributed by atoms with Crippen molar-refractivity contribution in [1.29, 1.82) is 0 Å². The van der Waals surface area contributed by atoms with Gasteiger partial charge >= 0.3 is 0 Å². The quantitative estimate of drug-likeness (QED) is 0.0889. The average Bonchev–Trinajstić information content (AvgIpc) is 3.08. The summed E-state index contributed by atoms with van der Waals surface area (Å²) in [5.41, 5.74) is 0. The second kappa shape index (κ2) is 17.5. The third kappa shape index (κ3) is 8.66. The number of carbonyl (C=O) groups is 1. The van der Waals surface area contributed by atoms with E-state index in [1.807, 2.05) is 0 Å². The SMILES string of the molecule is COC1OC(COC2OC(CO)C(O)C(O)C2O)C(O)C(OC2OC(CO)C(O)C(O)C2OC2OC(CO)C(O)C(O)C2NC(C)=O)C1O. The number of ether oxygens (including phenoxy) is 8. The molecule has 0 bridgehead atoms. The number of rotatable bonds is 12. The standard InChI is InChI=1S/C27H47NO21/c1-7(32)28-12-17(37)13(33)8(3-29)44-24(12)49-23-19(39)15(35)10(5-31)46-27(23)48-22-16(36)11(47-25(42-2)21(22)41)6-43-26-20(40)18(38)14(34)9(4-30)45-26/h8-27,29-31,33-41H,3-6H2,1-2H3,(H,28,32). The van der Waals surface area contributed by atoms with Gasteiger partial charge in [0.05, 0.1) is 26.4 Å². The van der Waals surface area contributed by atoms with Gasteiger partial charge in [0.1, 0.15) is 97.6 Å². The zero-order valence-electron chi connectivity index (χ0n) is 26.4. The first-order chi connectivity index (χ1) is 23.2. The average molecular weight is 722 g/mol. The Labute approximate surface area is 278 Å². The molecular weight excluding hydrogens is 674 g/mol. The second-order valence-electron chi connectivity index (χ2n) is 12.1. The highest BCUT2D eigenvalue weighted by Gasteiger charge is 2.55. The highest BCUT2D eigenvalue weighted by Crippen LogP contribution is 2.33. The number of carbonyl (C=O) groups excluding carboxylic acids is 1. The van der Waals surface area contributed by atoms with Gasteiger partial charge in [0.25, 0.3) is 0 Å². The van der Waals surface area contributed by atoms with E-state index < -0.39 is 155 Å². The maximum atomic E-state index is 11.9. The first-order valence-corrected chi connectivity index (χ1v) is 15.5. The van der Waals surface area contributed by atoms with E-state index in [2.05, 4.69) is 5.32 Å². The number of amides is 1. The van der Waals surface area contributed by atoms with Crippen LogP contribution in [0, 0.1) is 0 Å². The van der Waals surface area contributed by atoms with Crippen molar-refractivity contribution in [1.82, 2.24) is 5.32 Å². The van der Waals surface area contributed by atoms with Crippen molar-refractivity contribution in [3.8, 4) is 0 Å². The van der Waals surface area contributed by atoms with Crippen LogP contribution in [-0.2, 0) is 42.7 Å². The Hall–Kier alpha value is -1.33. The molecule has 4 aliphatic heterocycles. The highest BCUT2D eigenvalue weighted by molar-refractivity contribution is 5.73. The van der Waals surface area contributed by atoms with E-state index in [4.69, 9.17) is 37.9 Å². The summed E-state index contributed by atoms with van der Waals surface area (Å²) in [5.74, 6) is -0.694. The van der Waals surface area contributed by atoms with Gasteiger partial charge < -0.3 is 104 Å². The van der Waals surface area contributed by atoms with Gasteiger partial charge in [0.2, 0.25) is 5.91 Å². The summed E-state index contributed by atoms with van der Waals surface area (Å²) in [6.45, 7) is -1.94. The van der Waals surface area contributed by atoms with Gasteiger partial charge in [-0.25, -0.2) is 0 Å². The van der Waals surface area contributed by atoms with Crippen LogP contribution in [0.2, 0.25) is 0 Å². The van der Waals surface area contributed by atoms with Gasteiger partial charge in [-0.2, -0.15) is 0 Å². The minimum absolute atomic E-state index is 0.626. The molecule has 22 nitrogen and oxygen atoms in total. The van der Waals surface area contributed by atoms with Crippen LogP contribution >= 0.6 is 0 Å². The zero-order valence-corrected chi connectivity index (χ0v) is 26.4. The fourth-order valence-electron chi connectivity index (χ4n) is 6.00. The van der Waals surface area contributed by atoms with Gasteiger partial charge in [-0.05, 0) is 0 Å². The number of hydrogen-bond acceptors (Lipinski definition) is 21. The minimum Gasteiger partial charge on any atom is -0.394 e. The van der Waals surface area contributed by atoms with Crippen molar-refractivity contribution in [2.75, 3.05) is 33.5 Å². The van der Waals surface area contributed by atoms with E-state index in [9.17, 15) is 66.1 Å². The van der Waals surface area contributed by atoms with Crippen LogP contribution in [0.3, 0.4) is 0 Å². The molecule has 20 atom stereocenters. The lowest BCUT2D eigenvalue weighted by atomic mass is 9.95. The normalized spacial score (nSPS) is 49.4. The number of aliphatic hydroxyl groups is 12. The van der Waals surface area contributed by atoms with Crippen LogP contribution < -0.4 is 5.32 Å². The molecular formula is C27H47NO21. The maximum Gasteiger partial charge on any atom is 0.217 e. The van der Waals surface area contributed by atoms with E-state index in [1.165, 1.54) is 0 Å². The van der Waals surface area contributed by atoms with Crippen molar-refractivity contribution in [2.45, 2.75) is 130 Å². The summed E-state index contributed by atoms with van der Waals surface area (Å²) in [5, 5.41) is 127. The zero-order chi connectivity index (χ0) is 36.3. The summed E-state index contributed by atoms with van der Waals surface area (Å²) < 4.78 is 44.4. The molecule has 286 valence electrons. The molecule has 4 fully saturated rings. The molecule has 0 saturated carbocycles. The number of aliphatic hydroxyl groups excluding tert-OH is 12. The molecule has 0 radical (unpaired) electrons. The van der Waals surface area contributed by atoms with Crippen molar-refractivity contribution in [3.63, 3.8) is 0 Å². The number of methoxy groups -OCH3 is 1. The summed E-state index contributed by atoms with van der Waals surface area (Å²) in [4.78, 5) is 11.9. The van der Waals surface area contributed by atoms with E-state index in [1.54, 1.807) is 0 Å². The molecule has 0 spiro atoms. The van der Waals surface area contributed by atoms with Crippen LogP contribution in [0.5, 0.6) is 0 Å². The fourth-order valence-corrected chi connectivity index (χ4v) is 6.00. The van der Waals surface area contributed by atoms with Crippen molar-refractivity contribution in [2.24, 2.45) is 0 Å². The Balaban J connectivity index is 1.56. The Morgan fingerprint density at radius 2 is 1.04 bits per heavy atom. The third-order valence-electron chi connectivity index (χ3n) is 8.81. The first-order valence-electron chi connectivity index (χ1n) is 15.5. The molecule has 0 aromatic rings. The smallest absolute Gasteiger partial charge is 0.217 e. The van der Waals surface area contributed by atoms with E-state index >= 15 is 0 Å². The second-order valence-corrected chi connectivity index (χ2v) is 12.1. The Morgan fingerprint density at radius 1 is 0.551 bits per heavy atom. The van der Waals surface area contributed by atoms with E-state index in [0.717, 1.165) is 14.0 Å². The predicted molar refractivity (Wildman–Crippen MR) is 150 cm³/mol. The van der Waals surface area contributed by atoms with Gasteiger partial charge in [-0.1, -0.05) is 0 Å². The maximum absolute atomic E-state index is 11.9. The molecule has 4 rings (SSSR count). The minimum atomic E-state index is -1.95. The first kappa shape index (κ1) is 40.4. The Kier molecular flexibility index (Phi) is 14.4. The van der Waals surface area contributed by atoms with Gasteiger partial charge in [-0.3, -0.25) is 4.79 Å². The van der Waals surface area contributed by atoms with Crippen molar-refractivity contribution >= 4 is 5.91 Å². The lowest BCUT2D eigenvalue weighted by Crippen LogP contribution is -2.68. The van der Waals surface area contributed by atoms with E-state index in [-0.39, 0.29) is 0 Å². The fraction of sp³-hybridized carbons (Fsp3) is 0.963. The van der Waals surface area contributed by atoms with Crippen molar-refractivity contribution in [3.05, 3.63) is 0 Å². The Bertz CT molecular complexity index is 1040. The highest BCUT2D eigenvalue weighted by atomic mass is 16.8. The topological polar surface area (TPSA) is 346 Å². The van der Waals surface area contributed by atoms with Crippen LogP contribution in [0.4, 0.5) is 0 Å². The van der Waals surface area contributed by atoms with Crippen LogP contribution in [0.25, 0.3) is 0 Å². The summed E-state index contributed by atoms with van der Waals surface area (Å²) in [7, 11) is 1.14. The van der Waals surface area contributed by atoms with Crippen molar-refractivity contribution < 1.29 is 104 Å². The molecule has 49 heavy (non-hydrogen) atoms. The lowest BCUT2D eigenvalue weighted by Gasteiger charge is -2.49. The molecule has 20 unspecified atom stereocenters. The monoisotopic (exact) mass is 721 g/mol. The molecule has 4 aliphatic rings. The van der Waals surface area contributed by atoms with E-state index in [0.29, 0.717) is 0 Å². The largest absolute Gasteiger partial charge is 0.394 e. The predicted octanol–water partition coefficient (Wildman–Crippen LogP) is -8.95. The van der Waals surface area contributed by atoms with Crippen LogP contribution in [0.1, 0.15) is 6.92 Å². The molecule has 13 N–H and O–H groups in total. The number of hydrogen-bond donors (Lipinski definition) is 13. The molecule has 22 heteroatoms. The molecule has 0 aromatic heterocycles. The summed E-state index contributed by atoms with van der Waals surface area (Å²) in [6, 6.07) is -1.50. The molecule has 0 aliphatic carbocycles. The molecule has 1 amide bonds. The van der Waals surface area contributed by atoms with Crippen LogP contribution in [-0.4, -0.2) is 223 Å². The summed E-state index contributed by atoms with van der Waals surface area (Å²) in [6.07, 6.45) is -32.1. The van der Waals surface area contributed by atoms with Gasteiger partial charge in [-0.15, -0.1) is 0 Å². The number of nitrogens with one attached hydrogen (secondary N) is 1. The third-order valence-corrected chi connectivity index (χ3v) is 8.81.